The number of hydrogen-bond acceptors (Lipinski definition) is 5. The molecule has 2 aromatic rings. The highest BCUT2D eigenvalue weighted by molar-refractivity contribution is 6.28. The van der Waals surface area contributed by atoms with E-state index in [0.29, 0.717) is 24.7 Å². The van der Waals surface area contributed by atoms with Crippen LogP contribution < -0.4 is 10.2 Å². The molecule has 8 heteroatoms. The number of aromatic nitrogens is 2. The van der Waals surface area contributed by atoms with Gasteiger partial charge in [-0.1, -0.05) is 6.07 Å². The van der Waals surface area contributed by atoms with Crippen LogP contribution in [-0.4, -0.2) is 35.1 Å². The van der Waals surface area contributed by atoms with Crippen LogP contribution >= 0.6 is 11.6 Å². The first-order valence-electron chi connectivity index (χ1n) is 9.54. The third kappa shape index (κ3) is 2.93. The Labute approximate surface area is 167 Å². The fourth-order valence-electron chi connectivity index (χ4n) is 4.21. The molecule has 28 heavy (non-hydrogen) atoms. The van der Waals surface area contributed by atoms with E-state index in [-0.39, 0.29) is 29.6 Å². The van der Waals surface area contributed by atoms with Gasteiger partial charge in [0.1, 0.15) is 11.6 Å². The molecule has 0 bridgehead atoms. The van der Waals surface area contributed by atoms with Gasteiger partial charge in [0.05, 0.1) is 17.6 Å². The van der Waals surface area contributed by atoms with Crippen LogP contribution in [0.4, 0.5) is 15.9 Å². The normalized spacial score (nSPS) is 20.5. The van der Waals surface area contributed by atoms with Crippen LogP contribution in [0.3, 0.4) is 0 Å². The second kappa shape index (κ2) is 6.67. The van der Waals surface area contributed by atoms with Gasteiger partial charge >= 0.3 is 0 Å². The molecule has 1 aromatic heterocycles. The minimum atomic E-state index is -0.468. The molecule has 146 valence electrons. The highest BCUT2D eigenvalue weighted by atomic mass is 35.5. The first kappa shape index (κ1) is 17.8. The molecule has 1 saturated heterocycles. The number of rotatable bonds is 4. The van der Waals surface area contributed by atoms with Crippen molar-refractivity contribution in [2.24, 2.45) is 0 Å². The summed E-state index contributed by atoms with van der Waals surface area (Å²) in [4.78, 5) is 23.2. The van der Waals surface area contributed by atoms with Gasteiger partial charge in [-0.15, -0.1) is 0 Å². The van der Waals surface area contributed by atoms with Crippen molar-refractivity contribution >= 4 is 29.0 Å². The summed E-state index contributed by atoms with van der Waals surface area (Å²) in [5.41, 5.74) is 1.87. The summed E-state index contributed by atoms with van der Waals surface area (Å²) in [6, 6.07) is 4.85. The van der Waals surface area contributed by atoms with Gasteiger partial charge < -0.3 is 15.0 Å². The Morgan fingerprint density at radius 1 is 1.32 bits per heavy atom. The van der Waals surface area contributed by atoms with Crippen LogP contribution in [0, 0.1) is 5.82 Å². The standard InChI is InChI=1S/C20H20ClFN4O2/c21-19-23-10-12(17(25-19)24-14-3-7-28-8-4-14)11-26-16-9-13(22)1-2-15(16)20(5-6-20)18(26)27/h1-2,9-10,14H,3-8,11H2,(H,23,24,25). The first-order valence-corrected chi connectivity index (χ1v) is 9.92. The Kier molecular flexibility index (Phi) is 4.25. The average molecular weight is 403 g/mol. The van der Waals surface area contributed by atoms with E-state index in [1.54, 1.807) is 17.2 Å². The molecule has 1 aromatic carbocycles. The number of anilines is 2. The van der Waals surface area contributed by atoms with Gasteiger partial charge in [0, 0.05) is 31.0 Å². The zero-order chi connectivity index (χ0) is 19.3. The van der Waals surface area contributed by atoms with Crippen molar-refractivity contribution < 1.29 is 13.9 Å². The van der Waals surface area contributed by atoms with Crippen molar-refractivity contribution in [2.45, 2.75) is 43.7 Å². The van der Waals surface area contributed by atoms with Crippen LogP contribution in [-0.2, 0) is 21.5 Å². The van der Waals surface area contributed by atoms with Crippen molar-refractivity contribution in [1.29, 1.82) is 0 Å². The molecule has 5 rings (SSSR count). The Hall–Kier alpha value is -2.25. The highest BCUT2D eigenvalue weighted by Gasteiger charge is 2.59. The predicted octanol–water partition coefficient (Wildman–Crippen LogP) is 3.44. The number of amides is 1. The number of carbonyl (C=O) groups excluding carboxylic acids is 1. The van der Waals surface area contributed by atoms with Crippen LogP contribution in [0.1, 0.15) is 36.8 Å². The molecule has 1 spiro atoms. The van der Waals surface area contributed by atoms with E-state index in [4.69, 9.17) is 16.3 Å². The smallest absolute Gasteiger partial charge is 0.238 e. The summed E-state index contributed by atoms with van der Waals surface area (Å²) in [5, 5.41) is 3.57. The molecule has 2 aliphatic heterocycles. The lowest BCUT2D eigenvalue weighted by molar-refractivity contribution is -0.120. The second-order valence-corrected chi connectivity index (χ2v) is 8.02. The monoisotopic (exact) mass is 402 g/mol. The number of hydrogen-bond donors (Lipinski definition) is 1. The average Bonchev–Trinajstić information content (AvgIpc) is 3.46. The van der Waals surface area contributed by atoms with Gasteiger partial charge in [-0.2, -0.15) is 0 Å². The van der Waals surface area contributed by atoms with Crippen LogP contribution in [0.25, 0.3) is 0 Å². The van der Waals surface area contributed by atoms with Gasteiger partial charge in [-0.3, -0.25) is 4.79 Å². The zero-order valence-corrected chi connectivity index (χ0v) is 16.0. The number of nitrogens with one attached hydrogen (secondary N) is 1. The summed E-state index contributed by atoms with van der Waals surface area (Å²) in [5.74, 6) is 0.302. The van der Waals surface area contributed by atoms with Gasteiger partial charge in [0.2, 0.25) is 11.2 Å². The minimum Gasteiger partial charge on any atom is -0.381 e. The second-order valence-electron chi connectivity index (χ2n) is 7.68. The molecular weight excluding hydrogens is 383 g/mol. The maximum absolute atomic E-state index is 13.9. The number of benzene rings is 1. The molecule has 1 saturated carbocycles. The topological polar surface area (TPSA) is 67.4 Å². The Bertz CT molecular complexity index is 944. The van der Waals surface area contributed by atoms with Crippen LogP contribution in [0.2, 0.25) is 5.28 Å². The summed E-state index contributed by atoms with van der Waals surface area (Å²) in [6.07, 6.45) is 5.01. The number of fused-ring (bicyclic) bond motifs is 2. The van der Waals surface area contributed by atoms with Crippen molar-refractivity contribution in [1.82, 2.24) is 9.97 Å². The number of carbonyl (C=O) groups is 1. The molecule has 6 nitrogen and oxygen atoms in total. The first-order chi connectivity index (χ1) is 13.6. The van der Waals surface area contributed by atoms with Crippen molar-refractivity contribution in [3.63, 3.8) is 0 Å². The molecule has 2 fully saturated rings. The van der Waals surface area contributed by atoms with Crippen molar-refractivity contribution in [2.75, 3.05) is 23.4 Å². The van der Waals surface area contributed by atoms with Crippen molar-refractivity contribution in [3.05, 3.63) is 46.6 Å². The van der Waals surface area contributed by atoms with Gasteiger partial charge in [0.15, 0.2) is 0 Å². The summed E-state index contributed by atoms with van der Waals surface area (Å²) < 4.78 is 19.3. The number of halogens is 2. The lowest BCUT2D eigenvalue weighted by Gasteiger charge is -2.26. The molecule has 1 amide bonds. The highest BCUT2D eigenvalue weighted by Crippen LogP contribution is 2.57. The number of ether oxygens (including phenoxy) is 1. The quantitative estimate of drug-likeness (QED) is 0.793. The van der Waals surface area contributed by atoms with E-state index in [0.717, 1.165) is 36.8 Å². The fourth-order valence-corrected chi connectivity index (χ4v) is 4.35. The van der Waals surface area contributed by atoms with Gasteiger partial charge in [-0.25, -0.2) is 14.4 Å². The molecule has 3 aliphatic rings. The van der Waals surface area contributed by atoms with Crippen LogP contribution in [0.15, 0.2) is 24.4 Å². The van der Waals surface area contributed by atoms with Crippen LogP contribution in [0.5, 0.6) is 0 Å². The Morgan fingerprint density at radius 2 is 2.11 bits per heavy atom. The van der Waals surface area contributed by atoms with Crippen molar-refractivity contribution in [3.8, 4) is 0 Å². The van der Waals surface area contributed by atoms with E-state index >= 15 is 0 Å². The lowest BCUT2D eigenvalue weighted by atomic mass is 9.98. The molecule has 0 unspecified atom stereocenters. The maximum atomic E-state index is 13.9. The maximum Gasteiger partial charge on any atom is 0.238 e. The molecular formula is C20H20ClFN4O2. The van der Waals surface area contributed by atoms with Gasteiger partial charge in [0.25, 0.3) is 0 Å². The third-order valence-electron chi connectivity index (χ3n) is 5.90. The van der Waals surface area contributed by atoms with E-state index in [1.807, 2.05) is 0 Å². The third-order valence-corrected chi connectivity index (χ3v) is 6.08. The molecule has 1 aliphatic carbocycles. The molecule has 3 heterocycles. The molecule has 0 radical (unpaired) electrons. The van der Waals surface area contributed by atoms with E-state index in [2.05, 4.69) is 15.3 Å². The summed E-state index contributed by atoms with van der Waals surface area (Å²) >= 11 is 6.02. The molecule has 1 N–H and O–H groups in total. The minimum absolute atomic E-state index is 0.0278. The molecule has 0 atom stereocenters. The SMILES string of the molecule is O=C1N(Cc2cnc(Cl)nc2NC2CCOCC2)c2cc(F)ccc2C12CC2. The zero-order valence-electron chi connectivity index (χ0n) is 15.3. The Balaban J connectivity index is 1.46. The number of nitrogens with zero attached hydrogens (tertiary/aromatic N) is 3. The lowest BCUT2D eigenvalue weighted by Crippen LogP contribution is -2.33. The Morgan fingerprint density at radius 3 is 2.86 bits per heavy atom. The van der Waals surface area contributed by atoms with Gasteiger partial charge in [-0.05, 0) is 55.0 Å². The van der Waals surface area contributed by atoms with E-state index in [1.165, 1.54) is 12.1 Å². The fraction of sp³-hybridized carbons (Fsp3) is 0.450. The van der Waals surface area contributed by atoms with E-state index < -0.39 is 5.41 Å². The summed E-state index contributed by atoms with van der Waals surface area (Å²) in [7, 11) is 0. The van der Waals surface area contributed by atoms with E-state index in [9.17, 15) is 9.18 Å². The predicted molar refractivity (Wildman–Crippen MR) is 103 cm³/mol. The largest absolute Gasteiger partial charge is 0.381 e. The summed E-state index contributed by atoms with van der Waals surface area (Å²) in [6.45, 7) is 1.68.